The van der Waals surface area contributed by atoms with Gasteiger partial charge in [-0.25, -0.2) is 14.2 Å². The maximum Gasteiger partial charge on any atom is 0.338 e. The monoisotopic (exact) mass is 496 g/mol. The number of ether oxygens (including phenoxy) is 2. The number of hydrogen-bond acceptors (Lipinski definition) is 6. The van der Waals surface area contributed by atoms with Crippen LogP contribution in [0.5, 0.6) is 5.75 Å². The second kappa shape index (κ2) is 9.98. The van der Waals surface area contributed by atoms with Crippen LogP contribution >= 0.6 is 0 Å². The first-order valence-corrected chi connectivity index (χ1v) is 11.7. The summed E-state index contributed by atoms with van der Waals surface area (Å²) in [7, 11) is 1.57. The van der Waals surface area contributed by atoms with Crippen LogP contribution in [0, 0.1) is 0 Å². The number of imidazole rings is 1. The molecule has 0 atom stereocenters. The van der Waals surface area contributed by atoms with Crippen LogP contribution in [-0.2, 0) is 16.1 Å². The average Bonchev–Trinajstić information content (AvgIpc) is 3.23. The zero-order valence-corrected chi connectivity index (χ0v) is 20.3. The number of carbonyl (C=O) groups is 2. The SMILES string of the molecule is CCOC(=O)c1ccc(NC(=O)Cn2c3ccccc3n3c(=O)cc(-c4cccc(OC)c4)nc23)cc1. The van der Waals surface area contributed by atoms with Crippen LogP contribution in [0.25, 0.3) is 28.1 Å². The van der Waals surface area contributed by atoms with E-state index in [1.165, 1.54) is 10.5 Å². The number of fused-ring (bicyclic) bond motifs is 3. The normalized spacial score (nSPS) is 11.0. The Morgan fingerprint density at radius 2 is 1.70 bits per heavy atom. The molecule has 0 aliphatic rings. The molecule has 0 unspecified atom stereocenters. The highest BCUT2D eigenvalue weighted by Crippen LogP contribution is 2.24. The predicted octanol–water partition coefficient (Wildman–Crippen LogP) is 4.14. The van der Waals surface area contributed by atoms with Gasteiger partial charge >= 0.3 is 5.97 Å². The molecule has 0 fully saturated rings. The number of para-hydroxylation sites is 2. The third kappa shape index (κ3) is 4.66. The van der Waals surface area contributed by atoms with Gasteiger partial charge < -0.3 is 19.4 Å². The lowest BCUT2D eigenvalue weighted by Gasteiger charge is -2.09. The fraction of sp³-hybridized carbons (Fsp3) is 0.143. The molecule has 186 valence electrons. The molecule has 5 rings (SSSR count). The van der Waals surface area contributed by atoms with E-state index in [2.05, 4.69) is 5.32 Å². The van der Waals surface area contributed by atoms with Crippen LogP contribution < -0.4 is 15.6 Å². The summed E-state index contributed by atoms with van der Waals surface area (Å²) in [5.41, 5.74) is 3.22. The Labute approximate surface area is 211 Å². The summed E-state index contributed by atoms with van der Waals surface area (Å²) in [6.07, 6.45) is 0. The van der Waals surface area contributed by atoms with Gasteiger partial charge in [-0.2, -0.15) is 0 Å². The van der Waals surface area contributed by atoms with Crippen LogP contribution in [0.4, 0.5) is 5.69 Å². The molecule has 9 heteroatoms. The number of rotatable bonds is 7. The summed E-state index contributed by atoms with van der Waals surface area (Å²) in [5, 5.41) is 2.84. The molecular formula is C28H24N4O5. The van der Waals surface area contributed by atoms with E-state index in [9.17, 15) is 14.4 Å². The van der Waals surface area contributed by atoms with E-state index in [-0.39, 0.29) is 24.6 Å². The van der Waals surface area contributed by atoms with Crippen LogP contribution in [0.15, 0.2) is 83.7 Å². The highest BCUT2D eigenvalue weighted by Gasteiger charge is 2.17. The Bertz CT molecular complexity index is 1690. The molecule has 0 bridgehead atoms. The smallest absolute Gasteiger partial charge is 0.338 e. The summed E-state index contributed by atoms with van der Waals surface area (Å²) >= 11 is 0. The molecule has 0 aliphatic carbocycles. The third-order valence-corrected chi connectivity index (χ3v) is 5.90. The first kappa shape index (κ1) is 23.8. The van der Waals surface area contributed by atoms with Crippen molar-refractivity contribution in [2.24, 2.45) is 0 Å². The molecule has 2 heterocycles. The summed E-state index contributed by atoms with van der Waals surface area (Å²) in [5.74, 6) is 0.259. The van der Waals surface area contributed by atoms with Crippen molar-refractivity contribution in [3.05, 3.63) is 94.8 Å². The molecule has 37 heavy (non-hydrogen) atoms. The summed E-state index contributed by atoms with van der Waals surface area (Å²) < 4.78 is 13.5. The first-order chi connectivity index (χ1) is 18.0. The third-order valence-electron chi connectivity index (χ3n) is 5.90. The number of amides is 1. The van der Waals surface area contributed by atoms with Crippen LogP contribution in [0.3, 0.4) is 0 Å². The molecule has 0 saturated heterocycles. The van der Waals surface area contributed by atoms with Crippen molar-refractivity contribution >= 4 is 34.4 Å². The Kier molecular flexibility index (Phi) is 6.42. The molecule has 5 aromatic rings. The van der Waals surface area contributed by atoms with Gasteiger partial charge in [-0.3, -0.25) is 9.59 Å². The van der Waals surface area contributed by atoms with Gasteiger partial charge in [0.1, 0.15) is 12.3 Å². The summed E-state index contributed by atoms with van der Waals surface area (Å²) in [6.45, 7) is 1.95. The van der Waals surface area contributed by atoms with Gasteiger partial charge in [-0.15, -0.1) is 0 Å². The van der Waals surface area contributed by atoms with Gasteiger partial charge in [0, 0.05) is 17.3 Å². The standard InChI is InChI=1S/C28H24N4O5/c1-3-37-27(35)18-11-13-20(14-12-18)29-25(33)17-31-23-9-4-5-10-24(23)32-26(34)16-22(30-28(31)32)19-7-6-8-21(15-19)36-2/h4-16H,3,17H2,1-2H3,(H,29,33). The predicted molar refractivity (Wildman–Crippen MR) is 140 cm³/mol. The van der Waals surface area contributed by atoms with Crippen molar-refractivity contribution < 1.29 is 19.1 Å². The van der Waals surface area contributed by atoms with Crippen molar-refractivity contribution in [1.29, 1.82) is 0 Å². The lowest BCUT2D eigenvalue weighted by Crippen LogP contribution is -2.20. The Morgan fingerprint density at radius 3 is 2.43 bits per heavy atom. The molecule has 0 aliphatic heterocycles. The molecule has 9 nitrogen and oxygen atoms in total. The maximum absolute atomic E-state index is 13.2. The summed E-state index contributed by atoms with van der Waals surface area (Å²) in [6, 6.07) is 22.6. The molecule has 2 aromatic heterocycles. The quantitative estimate of drug-likeness (QED) is 0.340. The Hall–Kier alpha value is -4.92. The van der Waals surface area contributed by atoms with E-state index < -0.39 is 5.97 Å². The molecule has 3 aromatic carbocycles. The van der Waals surface area contributed by atoms with Gasteiger partial charge in [0.05, 0.1) is 36.0 Å². The lowest BCUT2D eigenvalue weighted by molar-refractivity contribution is -0.116. The second-order valence-corrected chi connectivity index (χ2v) is 8.27. The number of benzene rings is 3. The first-order valence-electron chi connectivity index (χ1n) is 11.7. The second-order valence-electron chi connectivity index (χ2n) is 8.27. The number of nitrogens with one attached hydrogen (secondary N) is 1. The topological polar surface area (TPSA) is 104 Å². The molecule has 0 saturated carbocycles. The molecule has 1 N–H and O–H groups in total. The zero-order chi connectivity index (χ0) is 25.9. The lowest BCUT2D eigenvalue weighted by atomic mass is 10.1. The van der Waals surface area contributed by atoms with Gasteiger partial charge in [-0.1, -0.05) is 24.3 Å². The van der Waals surface area contributed by atoms with Crippen LogP contribution in [-0.4, -0.2) is 39.5 Å². The van der Waals surface area contributed by atoms with Crippen LogP contribution in [0.2, 0.25) is 0 Å². The van der Waals surface area contributed by atoms with Crippen molar-refractivity contribution in [1.82, 2.24) is 14.0 Å². The molecule has 0 radical (unpaired) electrons. The Morgan fingerprint density at radius 1 is 0.946 bits per heavy atom. The number of carbonyl (C=O) groups excluding carboxylic acids is 2. The fourth-order valence-electron chi connectivity index (χ4n) is 4.20. The van der Waals surface area contributed by atoms with Crippen molar-refractivity contribution in [2.75, 3.05) is 19.0 Å². The van der Waals surface area contributed by atoms with Crippen molar-refractivity contribution in [3.8, 4) is 17.0 Å². The minimum atomic E-state index is -0.422. The van der Waals surface area contributed by atoms with E-state index in [0.29, 0.717) is 39.5 Å². The van der Waals surface area contributed by atoms with Gasteiger partial charge in [0.25, 0.3) is 5.56 Å². The number of hydrogen-bond donors (Lipinski definition) is 1. The highest BCUT2D eigenvalue weighted by atomic mass is 16.5. The van der Waals surface area contributed by atoms with E-state index in [0.717, 1.165) is 5.56 Å². The zero-order valence-electron chi connectivity index (χ0n) is 20.3. The molecule has 0 spiro atoms. The largest absolute Gasteiger partial charge is 0.497 e. The number of aromatic nitrogens is 3. The van der Waals surface area contributed by atoms with Gasteiger partial charge in [-0.05, 0) is 55.5 Å². The summed E-state index contributed by atoms with van der Waals surface area (Å²) in [4.78, 5) is 42.9. The minimum absolute atomic E-state index is 0.0787. The molecule has 1 amide bonds. The van der Waals surface area contributed by atoms with Crippen LogP contribution in [0.1, 0.15) is 17.3 Å². The van der Waals surface area contributed by atoms with Crippen molar-refractivity contribution in [3.63, 3.8) is 0 Å². The van der Waals surface area contributed by atoms with E-state index >= 15 is 0 Å². The average molecular weight is 497 g/mol. The fourth-order valence-corrected chi connectivity index (χ4v) is 4.20. The molecular weight excluding hydrogens is 472 g/mol. The Balaban J connectivity index is 1.51. The number of methoxy groups -OCH3 is 1. The number of esters is 1. The van der Waals surface area contributed by atoms with E-state index in [1.54, 1.807) is 48.9 Å². The van der Waals surface area contributed by atoms with E-state index in [4.69, 9.17) is 14.5 Å². The van der Waals surface area contributed by atoms with Gasteiger partial charge in [0.15, 0.2) is 0 Å². The van der Waals surface area contributed by atoms with Crippen molar-refractivity contribution in [2.45, 2.75) is 13.5 Å². The highest BCUT2D eigenvalue weighted by molar-refractivity contribution is 5.94. The minimum Gasteiger partial charge on any atom is -0.497 e. The van der Waals surface area contributed by atoms with E-state index in [1.807, 2.05) is 42.5 Å². The maximum atomic E-state index is 13.2. The number of anilines is 1. The van der Waals surface area contributed by atoms with Gasteiger partial charge in [0.2, 0.25) is 11.7 Å². The number of nitrogens with zero attached hydrogens (tertiary/aromatic N) is 3.